The quantitative estimate of drug-likeness (QED) is 0.658. The number of carbonyl (C=O) groups is 2. The van der Waals surface area contributed by atoms with Gasteiger partial charge in [0.2, 0.25) is 5.75 Å². The second-order valence-electron chi connectivity index (χ2n) is 7.01. The van der Waals surface area contributed by atoms with Crippen LogP contribution in [0.5, 0.6) is 17.2 Å². The van der Waals surface area contributed by atoms with Gasteiger partial charge in [-0.05, 0) is 37.3 Å². The standard InChI is InChI=1S/C22H27NO6S/c1-26-16-11-15(12-17(27-2)21(16)28-3)23-20(24)13-29-22(25)19-10-14-8-6-4-5-7-9-18(14)30-19/h10-12H,4-9,13H2,1-3H3,(H,23,24). The van der Waals surface area contributed by atoms with Crippen molar-refractivity contribution in [3.63, 3.8) is 0 Å². The van der Waals surface area contributed by atoms with Crippen molar-refractivity contribution in [2.24, 2.45) is 0 Å². The fourth-order valence-corrected chi connectivity index (χ4v) is 4.64. The van der Waals surface area contributed by atoms with Gasteiger partial charge in [-0.15, -0.1) is 11.3 Å². The smallest absolute Gasteiger partial charge is 0.348 e. The Morgan fingerprint density at radius 1 is 0.933 bits per heavy atom. The molecule has 1 aliphatic carbocycles. The topological polar surface area (TPSA) is 83.1 Å². The second-order valence-corrected chi connectivity index (χ2v) is 8.15. The number of ether oxygens (including phenoxy) is 4. The lowest BCUT2D eigenvalue weighted by Crippen LogP contribution is -2.20. The number of esters is 1. The minimum atomic E-state index is -0.466. The summed E-state index contributed by atoms with van der Waals surface area (Å²) < 4.78 is 21.0. The Kier molecular flexibility index (Phi) is 7.57. The van der Waals surface area contributed by atoms with Crippen molar-refractivity contribution >= 4 is 28.9 Å². The molecule has 1 aromatic carbocycles. The van der Waals surface area contributed by atoms with Crippen LogP contribution in [0.1, 0.15) is 45.8 Å². The first-order chi connectivity index (χ1) is 14.5. The first kappa shape index (κ1) is 22.0. The summed E-state index contributed by atoms with van der Waals surface area (Å²) in [5.41, 5.74) is 1.69. The van der Waals surface area contributed by atoms with E-state index in [4.69, 9.17) is 18.9 Å². The first-order valence-electron chi connectivity index (χ1n) is 9.94. The highest BCUT2D eigenvalue weighted by atomic mass is 32.1. The maximum absolute atomic E-state index is 12.4. The molecule has 0 unspecified atom stereocenters. The molecule has 0 fully saturated rings. The Morgan fingerprint density at radius 2 is 1.60 bits per heavy atom. The molecule has 1 heterocycles. The van der Waals surface area contributed by atoms with Crippen molar-refractivity contribution in [2.45, 2.75) is 38.5 Å². The van der Waals surface area contributed by atoms with E-state index in [1.165, 1.54) is 55.9 Å². The van der Waals surface area contributed by atoms with E-state index in [2.05, 4.69) is 5.32 Å². The highest BCUT2D eigenvalue weighted by molar-refractivity contribution is 7.14. The van der Waals surface area contributed by atoms with E-state index in [1.54, 1.807) is 12.1 Å². The van der Waals surface area contributed by atoms with Crippen LogP contribution in [-0.4, -0.2) is 39.8 Å². The summed E-state index contributed by atoms with van der Waals surface area (Å²) in [5, 5.41) is 2.69. The number of amides is 1. The molecule has 1 aliphatic rings. The molecule has 1 amide bonds. The number of hydrogen-bond acceptors (Lipinski definition) is 7. The maximum atomic E-state index is 12.4. The van der Waals surface area contributed by atoms with Crippen LogP contribution in [-0.2, 0) is 22.4 Å². The van der Waals surface area contributed by atoms with Crippen LogP contribution in [0.3, 0.4) is 0 Å². The van der Waals surface area contributed by atoms with E-state index in [-0.39, 0.29) is 6.61 Å². The Labute approximate surface area is 180 Å². The predicted molar refractivity (Wildman–Crippen MR) is 115 cm³/mol. The molecule has 30 heavy (non-hydrogen) atoms. The van der Waals surface area contributed by atoms with Crippen molar-refractivity contribution in [3.05, 3.63) is 33.5 Å². The molecule has 1 aromatic heterocycles. The Hall–Kier alpha value is -2.74. The van der Waals surface area contributed by atoms with Gasteiger partial charge in [0, 0.05) is 22.7 Å². The predicted octanol–water partition coefficient (Wildman–Crippen LogP) is 4.23. The zero-order valence-electron chi connectivity index (χ0n) is 17.5. The van der Waals surface area contributed by atoms with Gasteiger partial charge in [0.25, 0.3) is 5.91 Å². The number of rotatable bonds is 7. The average Bonchev–Trinajstić information content (AvgIpc) is 3.13. The first-order valence-corrected chi connectivity index (χ1v) is 10.8. The van der Waals surface area contributed by atoms with Crippen LogP contribution >= 0.6 is 11.3 Å². The number of methoxy groups -OCH3 is 3. The number of benzene rings is 1. The van der Waals surface area contributed by atoms with Gasteiger partial charge in [-0.3, -0.25) is 4.79 Å². The molecule has 0 spiro atoms. The molecule has 0 atom stereocenters. The minimum Gasteiger partial charge on any atom is -0.493 e. The molecule has 2 aromatic rings. The van der Waals surface area contributed by atoms with Crippen LogP contribution < -0.4 is 19.5 Å². The van der Waals surface area contributed by atoms with Crippen molar-refractivity contribution in [2.75, 3.05) is 33.3 Å². The van der Waals surface area contributed by atoms with Crippen LogP contribution in [0.15, 0.2) is 18.2 Å². The Balaban J connectivity index is 1.61. The van der Waals surface area contributed by atoms with Crippen molar-refractivity contribution in [1.29, 1.82) is 0 Å². The van der Waals surface area contributed by atoms with Crippen LogP contribution in [0.25, 0.3) is 0 Å². The lowest BCUT2D eigenvalue weighted by Gasteiger charge is -2.14. The summed E-state index contributed by atoms with van der Waals surface area (Å²) in [7, 11) is 4.49. The molecule has 3 rings (SSSR count). The molecule has 0 saturated carbocycles. The summed E-state index contributed by atoms with van der Waals surface area (Å²) in [6.45, 7) is -0.377. The largest absolute Gasteiger partial charge is 0.493 e. The fraction of sp³-hybridized carbons (Fsp3) is 0.455. The molecule has 8 heteroatoms. The van der Waals surface area contributed by atoms with E-state index in [9.17, 15) is 9.59 Å². The summed E-state index contributed by atoms with van der Waals surface area (Å²) in [4.78, 5) is 26.5. The minimum absolute atomic E-state index is 0.377. The lowest BCUT2D eigenvalue weighted by atomic mass is 10.00. The number of anilines is 1. The van der Waals surface area contributed by atoms with Gasteiger partial charge >= 0.3 is 5.97 Å². The third-order valence-corrected chi connectivity index (χ3v) is 6.20. The van der Waals surface area contributed by atoms with Gasteiger partial charge in [0.05, 0.1) is 21.3 Å². The third-order valence-electron chi connectivity index (χ3n) is 4.98. The average molecular weight is 434 g/mol. The molecule has 0 bridgehead atoms. The van der Waals surface area contributed by atoms with Gasteiger partial charge in [0.15, 0.2) is 18.1 Å². The van der Waals surface area contributed by atoms with Crippen molar-refractivity contribution < 1.29 is 28.5 Å². The molecule has 0 aliphatic heterocycles. The van der Waals surface area contributed by atoms with Gasteiger partial charge in [-0.2, -0.15) is 0 Å². The summed E-state index contributed by atoms with van der Waals surface area (Å²) in [6.07, 6.45) is 6.78. The van der Waals surface area contributed by atoms with E-state index < -0.39 is 11.9 Å². The number of thiophene rings is 1. The summed E-state index contributed by atoms with van der Waals surface area (Å²) >= 11 is 1.48. The summed E-state index contributed by atoms with van der Waals surface area (Å²) in [5.74, 6) is 0.345. The van der Waals surface area contributed by atoms with Gasteiger partial charge in [-0.25, -0.2) is 4.79 Å². The number of fused-ring (bicyclic) bond motifs is 1. The van der Waals surface area contributed by atoms with E-state index in [0.29, 0.717) is 27.8 Å². The van der Waals surface area contributed by atoms with Crippen LogP contribution in [0, 0.1) is 0 Å². The zero-order chi connectivity index (χ0) is 21.5. The van der Waals surface area contributed by atoms with Gasteiger partial charge in [-0.1, -0.05) is 12.8 Å². The number of hydrogen-bond donors (Lipinski definition) is 1. The van der Waals surface area contributed by atoms with Crippen LogP contribution in [0.2, 0.25) is 0 Å². The van der Waals surface area contributed by atoms with E-state index >= 15 is 0 Å². The van der Waals surface area contributed by atoms with Crippen molar-refractivity contribution in [1.82, 2.24) is 0 Å². The van der Waals surface area contributed by atoms with Crippen molar-refractivity contribution in [3.8, 4) is 17.2 Å². The monoisotopic (exact) mass is 433 g/mol. The summed E-state index contributed by atoms with van der Waals surface area (Å²) in [6, 6.07) is 5.14. The number of nitrogens with one attached hydrogen (secondary N) is 1. The van der Waals surface area contributed by atoms with Crippen LogP contribution in [0.4, 0.5) is 5.69 Å². The fourth-order valence-electron chi connectivity index (χ4n) is 3.50. The van der Waals surface area contributed by atoms with E-state index in [1.807, 2.05) is 6.07 Å². The SMILES string of the molecule is COc1cc(NC(=O)COC(=O)c2cc3c(s2)CCCCCC3)cc(OC)c1OC. The molecule has 0 saturated heterocycles. The van der Waals surface area contributed by atoms with E-state index in [0.717, 1.165) is 25.7 Å². The number of aryl methyl sites for hydroxylation is 2. The molecule has 7 nitrogen and oxygen atoms in total. The third kappa shape index (κ3) is 5.24. The molecular weight excluding hydrogens is 406 g/mol. The highest BCUT2D eigenvalue weighted by Gasteiger charge is 2.19. The second kappa shape index (κ2) is 10.3. The Morgan fingerprint density at radius 3 is 2.23 bits per heavy atom. The molecular formula is C22H27NO6S. The number of carbonyl (C=O) groups excluding carboxylic acids is 2. The molecule has 1 N–H and O–H groups in total. The molecule has 0 radical (unpaired) electrons. The van der Waals surface area contributed by atoms with Gasteiger partial charge in [0.1, 0.15) is 4.88 Å². The highest BCUT2D eigenvalue weighted by Crippen LogP contribution is 2.39. The normalized spacial score (nSPS) is 13.4. The zero-order valence-corrected chi connectivity index (χ0v) is 18.4. The molecule has 162 valence electrons. The van der Waals surface area contributed by atoms with Gasteiger partial charge < -0.3 is 24.3 Å². The maximum Gasteiger partial charge on any atom is 0.348 e. The Bertz CT molecular complexity index is 857. The lowest BCUT2D eigenvalue weighted by molar-refractivity contribution is -0.119.